The van der Waals surface area contributed by atoms with Crippen LogP contribution < -0.4 is 5.32 Å². The Hall–Kier alpha value is -2.21. The van der Waals surface area contributed by atoms with Crippen LogP contribution in [0.4, 0.5) is 5.69 Å². The monoisotopic (exact) mass is 356 g/mol. The maximum Gasteiger partial charge on any atom is 0.238 e. The molecule has 2 aromatic rings. The minimum atomic E-state index is -0.109. The van der Waals surface area contributed by atoms with Gasteiger partial charge in [0.05, 0.1) is 17.7 Å². The summed E-state index contributed by atoms with van der Waals surface area (Å²) in [7, 11) is 0. The number of rotatable bonds is 4. The lowest BCUT2D eigenvalue weighted by Gasteiger charge is -2.38. The van der Waals surface area contributed by atoms with Gasteiger partial charge in [-0.2, -0.15) is 0 Å². The Bertz CT molecular complexity index is 811. The number of H-pyrrole nitrogens is 1. The van der Waals surface area contributed by atoms with Crippen molar-refractivity contribution in [3.63, 3.8) is 0 Å². The van der Waals surface area contributed by atoms with Crippen molar-refractivity contribution < 1.29 is 9.59 Å². The number of nitrogens with zero attached hydrogens (tertiary/aromatic N) is 2. The van der Waals surface area contributed by atoms with E-state index >= 15 is 0 Å². The van der Waals surface area contributed by atoms with Crippen molar-refractivity contribution in [1.82, 2.24) is 14.9 Å². The van der Waals surface area contributed by atoms with Gasteiger partial charge in [-0.15, -0.1) is 0 Å². The SMILES string of the molecule is CC(=O)c1[nH]c2ccncc2c1NC(=O)CN1CCC(C(C)(C)C)CC1. The van der Waals surface area contributed by atoms with Gasteiger partial charge in [0.2, 0.25) is 5.91 Å². The second-order valence-corrected chi connectivity index (χ2v) is 8.32. The molecular weight excluding hydrogens is 328 g/mol. The van der Waals surface area contributed by atoms with Crippen LogP contribution in [0.15, 0.2) is 18.5 Å². The fourth-order valence-electron chi connectivity index (χ4n) is 3.77. The minimum Gasteiger partial charge on any atom is -0.350 e. The number of amides is 1. The zero-order valence-electron chi connectivity index (χ0n) is 16.1. The van der Waals surface area contributed by atoms with E-state index in [0.717, 1.165) is 36.8 Å². The summed E-state index contributed by atoms with van der Waals surface area (Å²) in [6.07, 6.45) is 5.56. The van der Waals surface area contributed by atoms with E-state index in [9.17, 15) is 9.59 Å². The summed E-state index contributed by atoms with van der Waals surface area (Å²) in [5.41, 5.74) is 2.08. The molecule has 1 fully saturated rings. The van der Waals surface area contributed by atoms with Gasteiger partial charge in [0.1, 0.15) is 5.69 Å². The van der Waals surface area contributed by atoms with Gasteiger partial charge >= 0.3 is 0 Å². The van der Waals surface area contributed by atoms with Crippen molar-refractivity contribution in [3.05, 3.63) is 24.2 Å². The molecule has 0 bridgehead atoms. The van der Waals surface area contributed by atoms with Gasteiger partial charge < -0.3 is 10.3 Å². The van der Waals surface area contributed by atoms with Crippen LogP contribution in [0.3, 0.4) is 0 Å². The molecule has 0 aromatic carbocycles. The molecule has 26 heavy (non-hydrogen) atoms. The molecule has 2 aromatic heterocycles. The normalized spacial score (nSPS) is 16.8. The predicted octanol–water partition coefficient (Wildman–Crippen LogP) is 3.46. The molecule has 1 saturated heterocycles. The van der Waals surface area contributed by atoms with Crippen molar-refractivity contribution in [2.75, 3.05) is 25.0 Å². The number of fused-ring (bicyclic) bond motifs is 1. The number of carbonyl (C=O) groups is 2. The lowest BCUT2D eigenvalue weighted by atomic mass is 9.75. The fraction of sp³-hybridized carbons (Fsp3) is 0.550. The largest absolute Gasteiger partial charge is 0.350 e. The smallest absolute Gasteiger partial charge is 0.238 e. The summed E-state index contributed by atoms with van der Waals surface area (Å²) < 4.78 is 0. The maximum atomic E-state index is 12.6. The van der Waals surface area contributed by atoms with E-state index in [4.69, 9.17) is 0 Å². The second-order valence-electron chi connectivity index (χ2n) is 8.32. The number of aromatic amines is 1. The van der Waals surface area contributed by atoms with E-state index in [1.165, 1.54) is 6.92 Å². The first kappa shape index (κ1) is 18.6. The molecule has 0 unspecified atom stereocenters. The van der Waals surface area contributed by atoms with Crippen LogP contribution in [0.5, 0.6) is 0 Å². The van der Waals surface area contributed by atoms with Crippen LogP contribution in [0.1, 0.15) is 51.0 Å². The van der Waals surface area contributed by atoms with E-state index in [2.05, 4.69) is 41.0 Å². The Morgan fingerprint density at radius 1 is 1.31 bits per heavy atom. The Labute approximate surface area is 154 Å². The first-order valence-corrected chi connectivity index (χ1v) is 9.24. The fourth-order valence-corrected chi connectivity index (χ4v) is 3.77. The zero-order chi connectivity index (χ0) is 18.9. The third-order valence-electron chi connectivity index (χ3n) is 5.40. The van der Waals surface area contributed by atoms with Crippen LogP contribution in [0, 0.1) is 11.3 Å². The molecule has 1 amide bonds. The molecule has 0 radical (unpaired) electrons. The molecule has 3 heterocycles. The minimum absolute atomic E-state index is 0.0912. The molecule has 0 atom stereocenters. The van der Waals surface area contributed by atoms with Crippen LogP contribution in [-0.2, 0) is 4.79 Å². The second kappa shape index (κ2) is 7.19. The number of likely N-dealkylation sites (tertiary alicyclic amines) is 1. The molecule has 0 spiro atoms. The summed E-state index contributed by atoms with van der Waals surface area (Å²) in [5, 5.41) is 3.69. The van der Waals surface area contributed by atoms with Crippen molar-refractivity contribution in [2.45, 2.75) is 40.5 Å². The average Bonchev–Trinajstić information content (AvgIpc) is 2.93. The van der Waals surface area contributed by atoms with Crippen molar-refractivity contribution >= 4 is 28.3 Å². The molecule has 1 aliphatic rings. The number of hydrogen-bond acceptors (Lipinski definition) is 4. The van der Waals surface area contributed by atoms with Crippen LogP contribution >= 0.6 is 0 Å². The van der Waals surface area contributed by atoms with Crippen LogP contribution in [-0.4, -0.2) is 46.2 Å². The Kier molecular flexibility index (Phi) is 5.14. The van der Waals surface area contributed by atoms with Gasteiger partial charge in [0, 0.05) is 24.7 Å². The number of piperidine rings is 1. The Morgan fingerprint density at radius 3 is 2.62 bits per heavy atom. The molecule has 0 aliphatic carbocycles. The van der Waals surface area contributed by atoms with E-state index < -0.39 is 0 Å². The highest BCUT2D eigenvalue weighted by molar-refractivity contribution is 6.12. The highest BCUT2D eigenvalue weighted by atomic mass is 16.2. The number of nitrogens with one attached hydrogen (secondary N) is 2. The molecule has 6 nitrogen and oxygen atoms in total. The summed E-state index contributed by atoms with van der Waals surface area (Å²) in [6, 6.07) is 1.80. The van der Waals surface area contributed by atoms with Gasteiger partial charge in [-0.25, -0.2) is 0 Å². The topological polar surface area (TPSA) is 78.1 Å². The van der Waals surface area contributed by atoms with E-state index in [0.29, 0.717) is 29.3 Å². The quantitative estimate of drug-likeness (QED) is 0.823. The lowest BCUT2D eigenvalue weighted by molar-refractivity contribution is -0.117. The predicted molar refractivity (Wildman–Crippen MR) is 103 cm³/mol. The van der Waals surface area contributed by atoms with Crippen molar-refractivity contribution in [2.24, 2.45) is 11.3 Å². The third-order valence-corrected chi connectivity index (χ3v) is 5.40. The number of pyridine rings is 1. The third kappa shape index (κ3) is 3.96. The maximum absolute atomic E-state index is 12.6. The van der Waals surface area contributed by atoms with Gasteiger partial charge in [-0.3, -0.25) is 19.5 Å². The molecule has 6 heteroatoms. The van der Waals surface area contributed by atoms with Gasteiger partial charge in [-0.05, 0) is 43.3 Å². The molecule has 140 valence electrons. The standard InChI is InChI=1S/C20H28N4O2/c1-13(25)18-19(15-11-21-8-5-16(15)22-18)23-17(26)12-24-9-6-14(7-10-24)20(2,3)4/h5,8,11,14,22H,6-7,9-10,12H2,1-4H3,(H,23,26). The zero-order valence-corrected chi connectivity index (χ0v) is 16.1. The molecule has 1 aliphatic heterocycles. The number of Topliss-reactive ketones (excluding diaryl/α,β-unsaturated/α-hetero) is 1. The molecule has 2 N–H and O–H groups in total. The van der Waals surface area contributed by atoms with E-state index in [-0.39, 0.29) is 11.7 Å². The summed E-state index contributed by atoms with van der Waals surface area (Å²) in [4.78, 5) is 33.9. The number of anilines is 1. The van der Waals surface area contributed by atoms with Crippen molar-refractivity contribution in [1.29, 1.82) is 0 Å². The number of aromatic nitrogens is 2. The summed E-state index contributed by atoms with van der Waals surface area (Å²) in [5.74, 6) is 0.500. The average molecular weight is 356 g/mol. The highest BCUT2D eigenvalue weighted by Crippen LogP contribution is 2.34. The van der Waals surface area contributed by atoms with Gasteiger partial charge in [0.15, 0.2) is 5.78 Å². The Balaban J connectivity index is 1.67. The van der Waals surface area contributed by atoms with Gasteiger partial charge in [-0.1, -0.05) is 20.8 Å². The lowest BCUT2D eigenvalue weighted by Crippen LogP contribution is -2.41. The summed E-state index contributed by atoms with van der Waals surface area (Å²) in [6.45, 7) is 10.6. The number of ketones is 1. The molecular formula is C20H28N4O2. The molecule has 3 rings (SSSR count). The van der Waals surface area contributed by atoms with E-state index in [1.54, 1.807) is 18.5 Å². The molecule has 0 saturated carbocycles. The van der Waals surface area contributed by atoms with Gasteiger partial charge in [0.25, 0.3) is 0 Å². The Morgan fingerprint density at radius 2 is 2.00 bits per heavy atom. The summed E-state index contributed by atoms with van der Waals surface area (Å²) >= 11 is 0. The van der Waals surface area contributed by atoms with E-state index in [1.807, 2.05) is 0 Å². The van der Waals surface area contributed by atoms with Crippen LogP contribution in [0.2, 0.25) is 0 Å². The number of hydrogen-bond donors (Lipinski definition) is 2. The highest BCUT2D eigenvalue weighted by Gasteiger charge is 2.29. The first-order chi connectivity index (χ1) is 12.3. The van der Waals surface area contributed by atoms with Crippen molar-refractivity contribution in [3.8, 4) is 0 Å². The number of carbonyl (C=O) groups excluding carboxylic acids is 2. The first-order valence-electron chi connectivity index (χ1n) is 9.24. The van der Waals surface area contributed by atoms with Crippen LogP contribution in [0.25, 0.3) is 10.9 Å².